The molecule has 2 rings (SSSR count). The van der Waals surface area contributed by atoms with E-state index in [0.29, 0.717) is 16.9 Å². The average molecular weight is 305 g/mol. The number of sulfonamides is 1. The van der Waals surface area contributed by atoms with Crippen molar-refractivity contribution in [2.45, 2.75) is 11.8 Å². The standard InChI is InChI=1S/C15H19N3O2S/c1-11-14(16)5-4-6-15(11)21(19,20)17-12-7-9-13(10-8-12)18(2)3/h4-10,17H,16H2,1-3H3. The van der Waals surface area contributed by atoms with Gasteiger partial charge in [-0.2, -0.15) is 0 Å². The average Bonchev–Trinajstić information content (AvgIpc) is 2.41. The molecule has 0 aliphatic carbocycles. The predicted molar refractivity (Wildman–Crippen MR) is 87.2 cm³/mol. The molecule has 0 saturated carbocycles. The van der Waals surface area contributed by atoms with E-state index in [9.17, 15) is 8.42 Å². The third kappa shape index (κ3) is 3.28. The highest BCUT2D eigenvalue weighted by Crippen LogP contribution is 2.24. The first-order valence-corrected chi connectivity index (χ1v) is 7.95. The van der Waals surface area contributed by atoms with Crippen molar-refractivity contribution in [1.82, 2.24) is 0 Å². The van der Waals surface area contributed by atoms with Crippen LogP contribution >= 0.6 is 0 Å². The summed E-state index contributed by atoms with van der Waals surface area (Å²) in [4.78, 5) is 2.14. The molecule has 2 aromatic carbocycles. The van der Waals surface area contributed by atoms with Gasteiger partial charge in [-0.15, -0.1) is 0 Å². The van der Waals surface area contributed by atoms with Crippen molar-refractivity contribution >= 4 is 27.1 Å². The van der Waals surface area contributed by atoms with Crippen molar-refractivity contribution in [2.24, 2.45) is 0 Å². The molecular formula is C15H19N3O2S. The Bertz CT molecular complexity index is 738. The lowest BCUT2D eigenvalue weighted by molar-refractivity contribution is 0.600. The lowest BCUT2D eigenvalue weighted by atomic mass is 10.2. The number of benzene rings is 2. The van der Waals surface area contributed by atoms with Gasteiger partial charge in [0.1, 0.15) is 0 Å². The molecule has 0 heterocycles. The fourth-order valence-electron chi connectivity index (χ4n) is 1.96. The van der Waals surface area contributed by atoms with Crippen molar-refractivity contribution in [3.05, 3.63) is 48.0 Å². The number of rotatable bonds is 4. The lowest BCUT2D eigenvalue weighted by Gasteiger charge is -2.14. The van der Waals surface area contributed by atoms with Gasteiger partial charge in [-0.25, -0.2) is 8.42 Å². The number of hydrogen-bond acceptors (Lipinski definition) is 4. The Labute approximate surface area is 125 Å². The van der Waals surface area contributed by atoms with E-state index >= 15 is 0 Å². The summed E-state index contributed by atoms with van der Waals surface area (Å²) in [5.74, 6) is 0. The molecule has 0 fully saturated rings. The summed E-state index contributed by atoms with van der Waals surface area (Å²) in [5, 5.41) is 0. The van der Waals surface area contributed by atoms with E-state index in [1.54, 1.807) is 37.3 Å². The van der Waals surface area contributed by atoms with Crippen LogP contribution in [0.1, 0.15) is 5.56 Å². The van der Waals surface area contributed by atoms with Gasteiger partial charge < -0.3 is 10.6 Å². The molecule has 0 saturated heterocycles. The van der Waals surface area contributed by atoms with E-state index in [1.165, 1.54) is 0 Å². The first-order valence-electron chi connectivity index (χ1n) is 6.46. The van der Waals surface area contributed by atoms with Gasteiger partial charge in [-0.1, -0.05) is 6.07 Å². The van der Waals surface area contributed by atoms with Crippen LogP contribution in [0.3, 0.4) is 0 Å². The van der Waals surface area contributed by atoms with Crippen LogP contribution < -0.4 is 15.4 Å². The van der Waals surface area contributed by atoms with Gasteiger partial charge >= 0.3 is 0 Å². The van der Waals surface area contributed by atoms with Crippen LogP contribution in [0.15, 0.2) is 47.4 Å². The second kappa shape index (κ2) is 5.65. The Kier molecular flexibility index (Phi) is 4.09. The van der Waals surface area contributed by atoms with Crippen molar-refractivity contribution in [2.75, 3.05) is 29.5 Å². The van der Waals surface area contributed by atoms with Crippen molar-refractivity contribution in [3.63, 3.8) is 0 Å². The van der Waals surface area contributed by atoms with Crippen LogP contribution in [0.4, 0.5) is 17.1 Å². The fourth-order valence-corrected chi connectivity index (χ4v) is 3.30. The monoisotopic (exact) mass is 305 g/mol. The Morgan fingerprint density at radius 3 is 2.24 bits per heavy atom. The van der Waals surface area contributed by atoms with Crippen molar-refractivity contribution in [3.8, 4) is 0 Å². The molecule has 6 heteroatoms. The number of nitrogens with zero attached hydrogens (tertiary/aromatic N) is 1. The molecule has 0 aliphatic rings. The molecule has 0 radical (unpaired) electrons. The van der Waals surface area contributed by atoms with Gasteiger partial charge in [-0.3, -0.25) is 4.72 Å². The second-order valence-electron chi connectivity index (χ2n) is 5.02. The van der Waals surface area contributed by atoms with Gasteiger partial charge in [0.2, 0.25) is 0 Å². The highest BCUT2D eigenvalue weighted by Gasteiger charge is 2.17. The summed E-state index contributed by atoms with van der Waals surface area (Å²) >= 11 is 0. The summed E-state index contributed by atoms with van der Waals surface area (Å²) in [6.07, 6.45) is 0. The Morgan fingerprint density at radius 2 is 1.67 bits per heavy atom. The minimum atomic E-state index is -3.64. The van der Waals surface area contributed by atoms with E-state index in [2.05, 4.69) is 4.72 Å². The SMILES string of the molecule is Cc1c(N)cccc1S(=O)(=O)Nc1ccc(N(C)C)cc1. The minimum Gasteiger partial charge on any atom is -0.398 e. The van der Waals surface area contributed by atoms with E-state index in [-0.39, 0.29) is 4.90 Å². The smallest absolute Gasteiger partial charge is 0.262 e. The van der Waals surface area contributed by atoms with Crippen LogP contribution in [-0.4, -0.2) is 22.5 Å². The molecular weight excluding hydrogens is 286 g/mol. The van der Waals surface area contributed by atoms with E-state index < -0.39 is 10.0 Å². The molecule has 21 heavy (non-hydrogen) atoms. The molecule has 0 unspecified atom stereocenters. The maximum absolute atomic E-state index is 12.4. The van der Waals surface area contributed by atoms with Gasteiger partial charge in [-0.05, 0) is 48.9 Å². The topological polar surface area (TPSA) is 75.4 Å². The van der Waals surface area contributed by atoms with Crippen LogP contribution in [0, 0.1) is 6.92 Å². The highest BCUT2D eigenvalue weighted by atomic mass is 32.2. The third-order valence-corrected chi connectivity index (χ3v) is 4.78. The lowest BCUT2D eigenvalue weighted by Crippen LogP contribution is -2.15. The maximum atomic E-state index is 12.4. The van der Waals surface area contributed by atoms with Gasteiger partial charge in [0.25, 0.3) is 10.0 Å². The molecule has 3 N–H and O–H groups in total. The van der Waals surface area contributed by atoms with Gasteiger partial charge in [0.15, 0.2) is 0 Å². The highest BCUT2D eigenvalue weighted by molar-refractivity contribution is 7.92. The maximum Gasteiger partial charge on any atom is 0.262 e. The number of nitrogen functional groups attached to an aromatic ring is 1. The number of hydrogen-bond donors (Lipinski definition) is 2. The first-order chi connectivity index (χ1) is 9.81. The summed E-state index contributed by atoms with van der Waals surface area (Å²) in [5.41, 5.74) is 8.29. The van der Waals surface area contributed by atoms with E-state index in [0.717, 1.165) is 5.69 Å². The number of nitrogens with one attached hydrogen (secondary N) is 1. The Hall–Kier alpha value is -2.21. The Balaban J connectivity index is 2.31. The normalized spacial score (nSPS) is 11.2. The summed E-state index contributed by atoms with van der Waals surface area (Å²) < 4.78 is 27.4. The molecule has 0 atom stereocenters. The summed E-state index contributed by atoms with van der Waals surface area (Å²) in [6, 6.07) is 12.0. The van der Waals surface area contributed by atoms with Crippen LogP contribution in [0.5, 0.6) is 0 Å². The molecule has 0 aromatic heterocycles. The Morgan fingerprint density at radius 1 is 1.05 bits per heavy atom. The van der Waals surface area contributed by atoms with E-state index in [4.69, 9.17) is 5.73 Å². The molecule has 0 amide bonds. The largest absolute Gasteiger partial charge is 0.398 e. The van der Waals surface area contributed by atoms with Crippen molar-refractivity contribution in [1.29, 1.82) is 0 Å². The molecule has 112 valence electrons. The van der Waals surface area contributed by atoms with Gasteiger partial charge in [0.05, 0.1) is 4.90 Å². The van der Waals surface area contributed by atoms with Crippen LogP contribution in [-0.2, 0) is 10.0 Å². The minimum absolute atomic E-state index is 0.194. The third-order valence-electron chi connectivity index (χ3n) is 3.25. The van der Waals surface area contributed by atoms with Crippen LogP contribution in [0.25, 0.3) is 0 Å². The molecule has 0 aliphatic heterocycles. The number of nitrogens with two attached hydrogens (primary N) is 1. The second-order valence-corrected chi connectivity index (χ2v) is 6.67. The van der Waals surface area contributed by atoms with Crippen molar-refractivity contribution < 1.29 is 8.42 Å². The zero-order chi connectivity index (χ0) is 15.6. The predicted octanol–water partition coefficient (Wildman–Crippen LogP) is 2.44. The molecule has 2 aromatic rings. The van der Waals surface area contributed by atoms with Gasteiger partial charge in [0, 0.05) is 31.2 Å². The first kappa shape index (κ1) is 15.2. The van der Waals surface area contributed by atoms with E-state index in [1.807, 2.05) is 31.1 Å². The zero-order valence-electron chi connectivity index (χ0n) is 12.3. The summed E-state index contributed by atoms with van der Waals surface area (Å²) in [7, 11) is 0.209. The van der Waals surface area contributed by atoms with Crippen LogP contribution in [0.2, 0.25) is 0 Å². The molecule has 0 bridgehead atoms. The zero-order valence-corrected chi connectivity index (χ0v) is 13.1. The molecule has 0 spiro atoms. The molecule has 5 nitrogen and oxygen atoms in total. The number of anilines is 3. The fraction of sp³-hybridized carbons (Fsp3) is 0.200. The quantitative estimate of drug-likeness (QED) is 0.851. The summed E-state index contributed by atoms with van der Waals surface area (Å²) in [6.45, 7) is 1.69.